The molecule has 1 N–H and O–H groups in total. The van der Waals surface area contributed by atoms with Crippen LogP contribution in [0.25, 0.3) is 6.08 Å². The Morgan fingerprint density at radius 1 is 1.33 bits per heavy atom. The maximum atomic E-state index is 10.9. The Hall–Kier alpha value is -1.18. The van der Waals surface area contributed by atoms with Crippen molar-refractivity contribution in [3.63, 3.8) is 0 Å². The van der Waals surface area contributed by atoms with E-state index in [1.165, 1.54) is 0 Å². The van der Waals surface area contributed by atoms with Crippen molar-refractivity contribution >= 4 is 14.3 Å². The Labute approximate surface area is 109 Å². The molecule has 0 aliphatic carbocycles. The lowest BCUT2D eigenvalue weighted by molar-refractivity contribution is 0.408. The number of hydrogen-bond donors (Lipinski definition) is 1. The quantitative estimate of drug-likeness (QED) is 0.832. The van der Waals surface area contributed by atoms with Crippen LogP contribution in [0.4, 0.5) is 0 Å². The van der Waals surface area contributed by atoms with Gasteiger partial charge in [-0.3, -0.25) is 0 Å². The van der Waals surface area contributed by atoms with Crippen molar-refractivity contribution in [2.45, 2.75) is 40.0 Å². The van der Waals surface area contributed by atoms with Gasteiger partial charge >= 0.3 is 8.25 Å². The molecule has 1 rings (SSSR count). The predicted octanol–water partition coefficient (Wildman–Crippen LogP) is 4.27. The first kappa shape index (κ1) is 14.9. The molecule has 98 valence electrons. The zero-order valence-electron chi connectivity index (χ0n) is 11.6. The fourth-order valence-corrected chi connectivity index (χ4v) is 2.33. The highest BCUT2D eigenvalue weighted by Gasteiger charge is 2.25. The highest BCUT2D eigenvalue weighted by atomic mass is 31.1. The Balaban J connectivity index is 3.55. The molecule has 0 saturated carbocycles. The molecular weight excluding hydrogens is 247 g/mol. The van der Waals surface area contributed by atoms with Crippen LogP contribution in [0.3, 0.4) is 0 Å². The highest BCUT2D eigenvalue weighted by Crippen LogP contribution is 2.37. The van der Waals surface area contributed by atoms with E-state index >= 15 is 0 Å². The Kier molecular flexibility index (Phi) is 4.31. The van der Waals surface area contributed by atoms with Gasteiger partial charge in [0.15, 0.2) is 5.75 Å². The lowest BCUT2D eigenvalue weighted by atomic mass is 9.81. The molecule has 3 nitrogen and oxygen atoms in total. The third-order valence-electron chi connectivity index (χ3n) is 3.09. The molecule has 0 bridgehead atoms. The van der Waals surface area contributed by atoms with Gasteiger partial charge in [0.25, 0.3) is 0 Å². The fourth-order valence-electron chi connectivity index (χ4n) is 1.97. The summed E-state index contributed by atoms with van der Waals surface area (Å²) in [5.74, 6) is 0.464. The minimum absolute atomic E-state index is 0.0822. The van der Waals surface area contributed by atoms with E-state index in [0.717, 1.165) is 22.3 Å². The van der Waals surface area contributed by atoms with Crippen LogP contribution in [0, 0.1) is 13.8 Å². The van der Waals surface area contributed by atoms with Crippen molar-refractivity contribution in [3.05, 3.63) is 34.9 Å². The van der Waals surface area contributed by atoms with Gasteiger partial charge in [-0.2, -0.15) is 0 Å². The van der Waals surface area contributed by atoms with E-state index in [1.54, 1.807) is 0 Å². The van der Waals surface area contributed by atoms with E-state index in [9.17, 15) is 4.57 Å². The summed E-state index contributed by atoms with van der Waals surface area (Å²) in [5.41, 5.74) is 3.95. The molecule has 0 amide bonds. The molecule has 1 aromatic carbocycles. The first-order valence-electron chi connectivity index (χ1n) is 5.79. The van der Waals surface area contributed by atoms with Gasteiger partial charge in [-0.15, -0.1) is 4.89 Å². The molecule has 0 fully saturated rings. The molecule has 1 aromatic rings. The second-order valence-electron chi connectivity index (χ2n) is 5.37. The molecule has 0 heterocycles. The summed E-state index contributed by atoms with van der Waals surface area (Å²) in [6.07, 6.45) is 1.83. The molecule has 1 unspecified atom stereocenters. The normalized spacial score (nSPS) is 12.2. The van der Waals surface area contributed by atoms with Crippen molar-refractivity contribution in [2.24, 2.45) is 0 Å². The Morgan fingerprint density at radius 3 is 2.28 bits per heavy atom. The standard InChI is InChI=1S/C14H19O3P/c1-7-11-9(2)10(3)13(17-18(15)16)8-12(11)14(4,5)6/h7-8H,1H2,2-6H3/p+1. The van der Waals surface area contributed by atoms with Gasteiger partial charge in [-0.25, -0.2) is 4.52 Å². The second kappa shape index (κ2) is 5.21. The van der Waals surface area contributed by atoms with Gasteiger partial charge in [-0.05, 0) is 42.0 Å². The van der Waals surface area contributed by atoms with E-state index in [0.29, 0.717) is 5.75 Å². The van der Waals surface area contributed by atoms with Gasteiger partial charge in [0, 0.05) is 10.1 Å². The molecule has 1 atom stereocenters. The maximum absolute atomic E-state index is 10.9. The van der Waals surface area contributed by atoms with Crippen molar-refractivity contribution in [1.82, 2.24) is 0 Å². The third kappa shape index (κ3) is 2.98. The number of benzene rings is 1. The monoisotopic (exact) mass is 267 g/mol. The highest BCUT2D eigenvalue weighted by molar-refractivity contribution is 7.32. The van der Waals surface area contributed by atoms with Crippen LogP contribution in [0.2, 0.25) is 0 Å². The Morgan fingerprint density at radius 2 is 1.89 bits per heavy atom. The summed E-state index contributed by atoms with van der Waals surface area (Å²) in [4.78, 5) is 8.91. The molecule has 0 saturated heterocycles. The summed E-state index contributed by atoms with van der Waals surface area (Å²) >= 11 is 0. The number of rotatable bonds is 3. The van der Waals surface area contributed by atoms with Crippen LogP contribution in [-0.4, -0.2) is 4.89 Å². The first-order valence-corrected chi connectivity index (χ1v) is 6.92. The topological polar surface area (TPSA) is 46.5 Å². The largest absolute Gasteiger partial charge is 0.747 e. The Bertz CT molecular complexity index is 499. The summed E-state index contributed by atoms with van der Waals surface area (Å²) in [7, 11) is -2.64. The molecule has 0 aromatic heterocycles. The average molecular weight is 267 g/mol. The molecule has 0 aliphatic heterocycles. The summed E-state index contributed by atoms with van der Waals surface area (Å²) in [6, 6.07) is 1.84. The third-order valence-corrected chi connectivity index (χ3v) is 3.44. The van der Waals surface area contributed by atoms with E-state index in [-0.39, 0.29) is 5.41 Å². The van der Waals surface area contributed by atoms with Crippen LogP contribution in [-0.2, 0) is 9.98 Å². The van der Waals surface area contributed by atoms with E-state index in [4.69, 9.17) is 9.42 Å². The number of hydrogen-bond acceptors (Lipinski definition) is 2. The zero-order chi connectivity index (χ0) is 14.1. The molecule has 0 spiro atoms. The van der Waals surface area contributed by atoms with Crippen molar-refractivity contribution in [2.75, 3.05) is 0 Å². The zero-order valence-corrected chi connectivity index (χ0v) is 12.5. The maximum Gasteiger partial charge on any atom is 0.747 e. The van der Waals surface area contributed by atoms with Crippen molar-refractivity contribution in [3.8, 4) is 5.75 Å². The lowest BCUT2D eigenvalue weighted by Gasteiger charge is -2.24. The van der Waals surface area contributed by atoms with Crippen molar-refractivity contribution in [1.29, 1.82) is 0 Å². The van der Waals surface area contributed by atoms with E-state index in [1.807, 2.05) is 26.0 Å². The molecule has 0 aliphatic rings. The van der Waals surface area contributed by atoms with Crippen LogP contribution in [0.15, 0.2) is 12.6 Å². The van der Waals surface area contributed by atoms with Gasteiger partial charge in [-0.1, -0.05) is 33.4 Å². The van der Waals surface area contributed by atoms with E-state index < -0.39 is 8.25 Å². The minimum Gasteiger partial charge on any atom is -0.229 e. The van der Waals surface area contributed by atoms with Crippen molar-refractivity contribution < 1.29 is 14.0 Å². The first-order chi connectivity index (χ1) is 8.18. The van der Waals surface area contributed by atoms with Gasteiger partial charge in [0.05, 0.1) is 0 Å². The predicted molar refractivity (Wildman–Crippen MR) is 75.2 cm³/mol. The molecule has 18 heavy (non-hydrogen) atoms. The summed E-state index contributed by atoms with van der Waals surface area (Å²) in [6.45, 7) is 14.0. The van der Waals surface area contributed by atoms with Crippen LogP contribution in [0.1, 0.15) is 43.0 Å². The van der Waals surface area contributed by atoms with Gasteiger partial charge in [0.2, 0.25) is 0 Å². The van der Waals surface area contributed by atoms with Gasteiger partial charge < -0.3 is 0 Å². The lowest BCUT2D eigenvalue weighted by Crippen LogP contribution is -2.14. The fraction of sp³-hybridized carbons (Fsp3) is 0.429. The van der Waals surface area contributed by atoms with Gasteiger partial charge in [0.1, 0.15) is 0 Å². The molecule has 4 heteroatoms. The van der Waals surface area contributed by atoms with Crippen LogP contribution >= 0.6 is 8.25 Å². The van der Waals surface area contributed by atoms with Crippen LogP contribution < -0.4 is 4.52 Å². The summed E-state index contributed by atoms with van der Waals surface area (Å²) < 4.78 is 15.8. The van der Waals surface area contributed by atoms with E-state index in [2.05, 4.69) is 27.4 Å². The second-order valence-corrected chi connectivity index (χ2v) is 6.03. The minimum atomic E-state index is -2.64. The average Bonchev–Trinajstić information content (AvgIpc) is 2.22. The summed E-state index contributed by atoms with van der Waals surface area (Å²) in [5, 5.41) is 0. The van der Waals surface area contributed by atoms with Crippen LogP contribution in [0.5, 0.6) is 5.75 Å². The molecule has 0 radical (unpaired) electrons. The SMILES string of the molecule is C=Cc1c(C(C)(C)C)cc(O[P+](=O)O)c(C)c1C. The smallest absolute Gasteiger partial charge is 0.229 e. The molecular formula is C14H20O3P+.